The lowest BCUT2D eigenvalue weighted by atomic mass is 9.96. The molecule has 1 heterocycles. The summed E-state index contributed by atoms with van der Waals surface area (Å²) in [4.78, 5) is 20.2. The lowest BCUT2D eigenvalue weighted by molar-refractivity contribution is -0.107. The third-order valence-corrected chi connectivity index (χ3v) is 5.47. The van der Waals surface area contributed by atoms with Gasteiger partial charge in [0.2, 0.25) is 5.69 Å². The van der Waals surface area contributed by atoms with Crippen molar-refractivity contribution >= 4 is 23.3 Å². The molecule has 0 aliphatic rings. The van der Waals surface area contributed by atoms with E-state index in [0.717, 1.165) is 39.3 Å². The van der Waals surface area contributed by atoms with E-state index < -0.39 is 0 Å². The van der Waals surface area contributed by atoms with Crippen LogP contribution in [0.2, 0.25) is 0 Å². The molecule has 5 heteroatoms. The van der Waals surface area contributed by atoms with Crippen LogP contribution < -0.4 is 4.74 Å². The maximum Gasteiger partial charge on any atom is 0.228 e. The second-order valence-electron chi connectivity index (χ2n) is 6.66. The summed E-state index contributed by atoms with van der Waals surface area (Å²) in [5.41, 5.74) is 4.77. The SMILES string of the molecule is [C-]#[N+]c1cc(-c2ncc(-c3cccc(CC=O)c3CC)s2)ccc1OC(C)C. The predicted octanol–water partition coefficient (Wildman–Crippen LogP) is 6.12. The van der Waals surface area contributed by atoms with Crippen LogP contribution in [0, 0.1) is 6.57 Å². The molecule has 1 aromatic heterocycles. The molecule has 0 N–H and O–H groups in total. The highest BCUT2D eigenvalue weighted by molar-refractivity contribution is 7.18. The number of aldehydes is 1. The zero-order valence-corrected chi connectivity index (χ0v) is 17.0. The lowest BCUT2D eigenvalue weighted by Gasteiger charge is -2.12. The van der Waals surface area contributed by atoms with Gasteiger partial charge in [-0.3, -0.25) is 0 Å². The number of nitrogens with zero attached hydrogens (tertiary/aromatic N) is 2. The number of aromatic nitrogens is 1. The molecule has 0 amide bonds. The third kappa shape index (κ3) is 4.13. The summed E-state index contributed by atoms with van der Waals surface area (Å²) in [7, 11) is 0. The van der Waals surface area contributed by atoms with Gasteiger partial charge in [-0.25, -0.2) is 9.83 Å². The Kier molecular flexibility index (Phi) is 6.23. The van der Waals surface area contributed by atoms with Gasteiger partial charge in [0.15, 0.2) is 0 Å². The zero-order chi connectivity index (χ0) is 20.1. The van der Waals surface area contributed by atoms with Crippen LogP contribution in [0.3, 0.4) is 0 Å². The molecule has 0 spiro atoms. The molecule has 0 saturated heterocycles. The van der Waals surface area contributed by atoms with Gasteiger partial charge in [-0.05, 0) is 49.1 Å². The minimum atomic E-state index is 0.0175. The van der Waals surface area contributed by atoms with E-state index in [9.17, 15) is 4.79 Å². The fourth-order valence-electron chi connectivity index (χ4n) is 3.19. The maximum absolute atomic E-state index is 11.0. The first-order valence-corrected chi connectivity index (χ1v) is 10.1. The molecule has 0 atom stereocenters. The fraction of sp³-hybridized carbons (Fsp3) is 0.261. The molecular formula is C23H22N2O2S. The van der Waals surface area contributed by atoms with E-state index in [2.05, 4.69) is 22.8 Å². The fourth-order valence-corrected chi connectivity index (χ4v) is 4.15. The summed E-state index contributed by atoms with van der Waals surface area (Å²) in [6, 6.07) is 11.7. The van der Waals surface area contributed by atoms with Crippen molar-refractivity contribution in [1.82, 2.24) is 4.98 Å². The summed E-state index contributed by atoms with van der Waals surface area (Å²) in [6.07, 6.45) is 4.12. The van der Waals surface area contributed by atoms with E-state index in [0.29, 0.717) is 17.9 Å². The van der Waals surface area contributed by atoms with Gasteiger partial charge in [0.1, 0.15) is 17.0 Å². The van der Waals surface area contributed by atoms with Crippen LogP contribution in [0.5, 0.6) is 5.75 Å². The zero-order valence-electron chi connectivity index (χ0n) is 16.2. The van der Waals surface area contributed by atoms with Crippen LogP contribution in [-0.4, -0.2) is 17.4 Å². The molecule has 3 rings (SSSR count). The number of carbonyl (C=O) groups excluding carboxylic acids is 1. The lowest BCUT2D eigenvalue weighted by Crippen LogP contribution is -2.05. The van der Waals surface area contributed by atoms with E-state index in [1.807, 2.05) is 50.4 Å². The van der Waals surface area contributed by atoms with Crippen molar-refractivity contribution in [2.45, 2.75) is 39.7 Å². The third-order valence-electron chi connectivity index (χ3n) is 4.39. The summed E-state index contributed by atoms with van der Waals surface area (Å²) < 4.78 is 5.71. The molecule has 142 valence electrons. The van der Waals surface area contributed by atoms with Crippen molar-refractivity contribution in [1.29, 1.82) is 0 Å². The predicted molar refractivity (Wildman–Crippen MR) is 114 cm³/mol. The molecule has 28 heavy (non-hydrogen) atoms. The van der Waals surface area contributed by atoms with E-state index in [4.69, 9.17) is 11.3 Å². The molecule has 2 aromatic carbocycles. The standard InChI is InChI=1S/C23H22N2O2S/c1-5-18-16(11-12-26)7-6-8-19(18)22-14-25-23(28-22)17-9-10-21(27-15(2)3)20(13-17)24-4/h6-10,12-15H,5,11H2,1-3H3. The highest BCUT2D eigenvalue weighted by Gasteiger charge is 2.14. The Hall–Kier alpha value is -2.97. The largest absolute Gasteiger partial charge is 0.502 e. The second kappa shape index (κ2) is 8.81. The number of benzene rings is 2. The van der Waals surface area contributed by atoms with Crippen LogP contribution in [0.4, 0.5) is 5.69 Å². The van der Waals surface area contributed by atoms with Crippen molar-refractivity contribution in [2.24, 2.45) is 0 Å². The molecule has 0 fully saturated rings. The number of hydrogen-bond acceptors (Lipinski definition) is 4. The summed E-state index contributed by atoms with van der Waals surface area (Å²) in [6.45, 7) is 13.4. The van der Waals surface area contributed by atoms with E-state index in [1.54, 1.807) is 11.3 Å². The van der Waals surface area contributed by atoms with Gasteiger partial charge in [0.05, 0.1) is 17.6 Å². The summed E-state index contributed by atoms with van der Waals surface area (Å²) >= 11 is 1.59. The second-order valence-corrected chi connectivity index (χ2v) is 7.69. The highest BCUT2D eigenvalue weighted by Crippen LogP contribution is 2.38. The van der Waals surface area contributed by atoms with Gasteiger partial charge >= 0.3 is 0 Å². The minimum absolute atomic E-state index is 0.0175. The molecule has 4 nitrogen and oxygen atoms in total. The van der Waals surface area contributed by atoms with Gasteiger partial charge in [0.25, 0.3) is 0 Å². The molecule has 0 unspecified atom stereocenters. The Bertz CT molecular complexity index is 1030. The summed E-state index contributed by atoms with van der Waals surface area (Å²) in [5.74, 6) is 0.598. The molecule has 0 saturated carbocycles. The Morgan fingerprint density at radius 2 is 2.11 bits per heavy atom. The number of rotatable bonds is 7. The Balaban J connectivity index is 1.99. The summed E-state index contributed by atoms with van der Waals surface area (Å²) in [5, 5.41) is 0.860. The smallest absolute Gasteiger partial charge is 0.228 e. The molecule has 0 bridgehead atoms. The topological polar surface area (TPSA) is 43.5 Å². The molecule has 3 aromatic rings. The van der Waals surface area contributed by atoms with Crippen LogP contribution >= 0.6 is 11.3 Å². The van der Waals surface area contributed by atoms with Crippen molar-refractivity contribution in [3.63, 3.8) is 0 Å². The van der Waals surface area contributed by atoms with Crippen LogP contribution in [-0.2, 0) is 17.6 Å². The maximum atomic E-state index is 11.0. The van der Waals surface area contributed by atoms with E-state index in [1.165, 1.54) is 5.56 Å². The quantitative estimate of drug-likeness (QED) is 0.361. The first-order valence-electron chi connectivity index (χ1n) is 9.26. The first-order chi connectivity index (χ1) is 13.6. The molecular weight excluding hydrogens is 368 g/mol. The van der Waals surface area contributed by atoms with Gasteiger partial charge in [0, 0.05) is 18.2 Å². The van der Waals surface area contributed by atoms with Gasteiger partial charge < -0.3 is 9.53 Å². The Morgan fingerprint density at radius 1 is 1.29 bits per heavy atom. The van der Waals surface area contributed by atoms with Crippen molar-refractivity contribution in [2.75, 3.05) is 0 Å². The highest BCUT2D eigenvalue weighted by atomic mass is 32.1. The van der Waals surface area contributed by atoms with Crippen molar-refractivity contribution in [3.8, 4) is 26.8 Å². The minimum Gasteiger partial charge on any atom is -0.502 e. The number of hydrogen-bond donors (Lipinski definition) is 0. The molecule has 0 aliphatic heterocycles. The van der Waals surface area contributed by atoms with Gasteiger partial charge in [-0.2, -0.15) is 0 Å². The van der Waals surface area contributed by atoms with Crippen LogP contribution in [0.25, 0.3) is 25.9 Å². The number of thiazole rings is 1. The van der Waals surface area contributed by atoms with Crippen LogP contribution in [0.1, 0.15) is 31.9 Å². The average Bonchev–Trinajstić information content (AvgIpc) is 3.18. The van der Waals surface area contributed by atoms with Crippen LogP contribution in [0.15, 0.2) is 42.6 Å². The van der Waals surface area contributed by atoms with E-state index in [-0.39, 0.29) is 6.10 Å². The Morgan fingerprint density at radius 3 is 2.79 bits per heavy atom. The molecule has 0 radical (unpaired) electrons. The number of ether oxygens (including phenoxy) is 1. The Labute approximate surface area is 169 Å². The number of carbonyl (C=O) groups is 1. The van der Waals surface area contributed by atoms with Gasteiger partial charge in [-0.15, -0.1) is 11.3 Å². The molecule has 0 aliphatic carbocycles. The van der Waals surface area contributed by atoms with E-state index >= 15 is 0 Å². The first kappa shape index (κ1) is 19.8. The average molecular weight is 391 g/mol. The monoisotopic (exact) mass is 390 g/mol. The van der Waals surface area contributed by atoms with Crippen molar-refractivity contribution < 1.29 is 9.53 Å². The normalized spacial score (nSPS) is 10.7. The van der Waals surface area contributed by atoms with Crippen molar-refractivity contribution in [3.05, 3.63) is 65.1 Å². The van der Waals surface area contributed by atoms with Gasteiger partial charge in [-0.1, -0.05) is 31.2 Å².